The average Bonchev–Trinajstić information content (AvgIpc) is 2.72. The number of carbonyl (C=O) groups excluding carboxylic acids is 1. The monoisotopic (exact) mass is 234 g/mol. The van der Waals surface area contributed by atoms with E-state index in [0.29, 0.717) is 6.54 Å². The summed E-state index contributed by atoms with van der Waals surface area (Å²) in [6.45, 7) is 0.291. The van der Waals surface area contributed by atoms with Crippen LogP contribution in [-0.4, -0.2) is 20.4 Å². The number of amides is 1. The number of carbonyl (C=O) groups is 1. The van der Waals surface area contributed by atoms with E-state index >= 15 is 0 Å². The molecule has 0 saturated carbocycles. The van der Waals surface area contributed by atoms with Crippen molar-refractivity contribution < 1.29 is 9.18 Å². The van der Waals surface area contributed by atoms with E-state index in [1.807, 2.05) is 7.05 Å². The summed E-state index contributed by atoms with van der Waals surface area (Å²) in [5.41, 5.74) is 0.194. The highest BCUT2D eigenvalue weighted by molar-refractivity contribution is 5.93. The van der Waals surface area contributed by atoms with Gasteiger partial charge in [-0.2, -0.15) is 0 Å². The lowest BCUT2D eigenvalue weighted by Crippen LogP contribution is -2.24. The van der Waals surface area contributed by atoms with Crippen LogP contribution in [0.2, 0.25) is 0 Å². The number of aromatic nitrogens is 3. The highest BCUT2D eigenvalue weighted by Crippen LogP contribution is 2.01. The van der Waals surface area contributed by atoms with Crippen LogP contribution in [0.5, 0.6) is 0 Å². The topological polar surface area (TPSA) is 59.8 Å². The molecule has 2 heterocycles. The molecule has 0 saturated heterocycles. The third-order valence-electron chi connectivity index (χ3n) is 2.30. The predicted octanol–water partition coefficient (Wildman–Crippen LogP) is 0.884. The van der Waals surface area contributed by atoms with Crippen molar-refractivity contribution in [2.75, 3.05) is 0 Å². The summed E-state index contributed by atoms with van der Waals surface area (Å²) in [5.74, 6) is -0.183. The van der Waals surface area contributed by atoms with E-state index in [2.05, 4.69) is 15.3 Å². The number of nitrogens with zero attached hydrogens (tertiary/aromatic N) is 3. The molecule has 0 aliphatic carbocycles. The Morgan fingerprint density at radius 1 is 1.53 bits per heavy atom. The molecule has 0 aromatic carbocycles. The maximum absolute atomic E-state index is 12.8. The lowest BCUT2D eigenvalue weighted by molar-refractivity contribution is 0.0948. The van der Waals surface area contributed by atoms with Gasteiger partial charge in [0.25, 0.3) is 5.91 Å². The van der Waals surface area contributed by atoms with Crippen molar-refractivity contribution in [1.29, 1.82) is 0 Å². The molecule has 0 unspecified atom stereocenters. The number of hydrogen-bond acceptors (Lipinski definition) is 3. The Bertz CT molecular complexity index is 538. The number of rotatable bonds is 3. The van der Waals surface area contributed by atoms with Crippen molar-refractivity contribution >= 4 is 5.91 Å². The van der Waals surface area contributed by atoms with E-state index in [9.17, 15) is 9.18 Å². The normalized spacial score (nSPS) is 10.2. The summed E-state index contributed by atoms with van der Waals surface area (Å²) in [5, 5.41) is 2.64. The van der Waals surface area contributed by atoms with E-state index in [1.54, 1.807) is 17.0 Å². The molecule has 0 fully saturated rings. The molecule has 0 spiro atoms. The van der Waals surface area contributed by atoms with Gasteiger partial charge in [-0.25, -0.2) is 9.37 Å². The second-order valence-electron chi connectivity index (χ2n) is 3.53. The lowest BCUT2D eigenvalue weighted by atomic mass is 10.2. The van der Waals surface area contributed by atoms with Crippen molar-refractivity contribution in [1.82, 2.24) is 19.9 Å². The minimum Gasteiger partial charge on any atom is -0.345 e. The van der Waals surface area contributed by atoms with Crippen LogP contribution in [0.3, 0.4) is 0 Å². The van der Waals surface area contributed by atoms with Gasteiger partial charge in [-0.05, 0) is 6.07 Å². The summed E-state index contributed by atoms with van der Waals surface area (Å²) < 4.78 is 14.6. The summed E-state index contributed by atoms with van der Waals surface area (Å²) in [4.78, 5) is 19.3. The van der Waals surface area contributed by atoms with Gasteiger partial charge in [0.1, 0.15) is 11.6 Å². The molecule has 1 N–H and O–H groups in total. The molecule has 0 aliphatic heterocycles. The fraction of sp³-hybridized carbons (Fsp3) is 0.182. The van der Waals surface area contributed by atoms with Gasteiger partial charge in [-0.1, -0.05) is 0 Å². The molecule has 5 nitrogen and oxygen atoms in total. The second-order valence-corrected chi connectivity index (χ2v) is 3.53. The highest BCUT2D eigenvalue weighted by Gasteiger charge is 2.08. The predicted molar refractivity (Wildman–Crippen MR) is 58.6 cm³/mol. The maximum Gasteiger partial charge on any atom is 0.253 e. The Labute approximate surface area is 97.3 Å². The molecule has 0 radical (unpaired) electrons. The van der Waals surface area contributed by atoms with Crippen LogP contribution in [0.4, 0.5) is 4.39 Å². The fourth-order valence-corrected chi connectivity index (χ4v) is 1.36. The maximum atomic E-state index is 12.8. The fourth-order valence-electron chi connectivity index (χ4n) is 1.36. The molecule has 2 aromatic rings. The Morgan fingerprint density at radius 3 is 3.00 bits per heavy atom. The second kappa shape index (κ2) is 4.73. The van der Waals surface area contributed by atoms with Gasteiger partial charge in [-0.15, -0.1) is 0 Å². The van der Waals surface area contributed by atoms with Gasteiger partial charge in [0.2, 0.25) is 0 Å². The van der Waals surface area contributed by atoms with Gasteiger partial charge < -0.3 is 9.88 Å². The number of halogens is 1. The van der Waals surface area contributed by atoms with Gasteiger partial charge in [-0.3, -0.25) is 9.78 Å². The molecular formula is C11H11FN4O. The molecule has 2 rings (SSSR count). The van der Waals surface area contributed by atoms with Crippen molar-refractivity contribution in [3.8, 4) is 0 Å². The highest BCUT2D eigenvalue weighted by atomic mass is 19.1. The zero-order valence-electron chi connectivity index (χ0n) is 9.22. The third kappa shape index (κ3) is 2.66. The van der Waals surface area contributed by atoms with E-state index < -0.39 is 5.82 Å². The number of imidazole rings is 1. The number of aryl methyl sites for hydroxylation is 1. The van der Waals surface area contributed by atoms with E-state index in [1.165, 1.54) is 6.20 Å². The molecule has 17 heavy (non-hydrogen) atoms. The van der Waals surface area contributed by atoms with E-state index in [-0.39, 0.29) is 11.5 Å². The first kappa shape index (κ1) is 11.3. The van der Waals surface area contributed by atoms with Crippen LogP contribution in [0.25, 0.3) is 0 Å². The smallest absolute Gasteiger partial charge is 0.253 e. The number of pyridine rings is 1. The first-order valence-corrected chi connectivity index (χ1v) is 5.02. The van der Waals surface area contributed by atoms with E-state index in [4.69, 9.17) is 0 Å². The largest absolute Gasteiger partial charge is 0.345 e. The minimum atomic E-state index is -0.533. The van der Waals surface area contributed by atoms with Gasteiger partial charge >= 0.3 is 0 Å². The van der Waals surface area contributed by atoms with Gasteiger partial charge in [0, 0.05) is 25.6 Å². The molecule has 2 aromatic heterocycles. The van der Waals surface area contributed by atoms with Crippen LogP contribution in [0.15, 0.2) is 30.9 Å². The van der Waals surface area contributed by atoms with Crippen molar-refractivity contribution in [3.63, 3.8) is 0 Å². The van der Waals surface area contributed by atoms with E-state index in [0.717, 1.165) is 18.1 Å². The van der Waals surface area contributed by atoms with Crippen LogP contribution in [-0.2, 0) is 13.6 Å². The zero-order chi connectivity index (χ0) is 12.3. The lowest BCUT2D eigenvalue weighted by Gasteiger charge is -2.04. The van der Waals surface area contributed by atoms with Crippen LogP contribution >= 0.6 is 0 Å². The summed E-state index contributed by atoms with van der Waals surface area (Å²) in [6, 6.07) is 1.14. The SMILES string of the molecule is Cn1ccnc1CNC(=O)c1cncc(F)c1. The first-order valence-electron chi connectivity index (χ1n) is 5.02. The summed E-state index contributed by atoms with van der Waals surface area (Å²) >= 11 is 0. The zero-order valence-corrected chi connectivity index (χ0v) is 9.22. The molecule has 1 amide bonds. The standard InChI is InChI=1S/C11H11FN4O/c1-16-3-2-14-10(16)7-15-11(17)8-4-9(12)6-13-5-8/h2-6H,7H2,1H3,(H,15,17). The molecule has 0 atom stereocenters. The minimum absolute atomic E-state index is 0.194. The summed E-state index contributed by atoms with van der Waals surface area (Å²) in [7, 11) is 1.83. The third-order valence-corrected chi connectivity index (χ3v) is 2.30. The molecule has 0 bridgehead atoms. The number of hydrogen-bond donors (Lipinski definition) is 1. The molecule has 88 valence electrons. The Kier molecular flexibility index (Phi) is 3.13. The summed E-state index contributed by atoms with van der Waals surface area (Å²) in [6.07, 6.45) is 5.79. The van der Waals surface area contributed by atoms with Gasteiger partial charge in [0.05, 0.1) is 18.3 Å². The van der Waals surface area contributed by atoms with Crippen molar-refractivity contribution in [3.05, 3.63) is 48.1 Å². The van der Waals surface area contributed by atoms with Crippen LogP contribution in [0.1, 0.15) is 16.2 Å². The quantitative estimate of drug-likeness (QED) is 0.857. The molecular weight excluding hydrogens is 223 g/mol. The molecule has 0 aliphatic rings. The Hall–Kier alpha value is -2.24. The Balaban J connectivity index is 2.01. The van der Waals surface area contributed by atoms with Crippen LogP contribution < -0.4 is 5.32 Å². The van der Waals surface area contributed by atoms with Crippen molar-refractivity contribution in [2.45, 2.75) is 6.54 Å². The Morgan fingerprint density at radius 2 is 2.35 bits per heavy atom. The molecule has 6 heteroatoms. The van der Waals surface area contributed by atoms with Crippen molar-refractivity contribution in [2.24, 2.45) is 7.05 Å². The van der Waals surface area contributed by atoms with Crippen LogP contribution in [0, 0.1) is 5.82 Å². The number of nitrogens with one attached hydrogen (secondary N) is 1. The van der Waals surface area contributed by atoms with Gasteiger partial charge in [0.15, 0.2) is 0 Å². The average molecular weight is 234 g/mol. The first-order chi connectivity index (χ1) is 8.16.